The third-order valence-electron chi connectivity index (χ3n) is 2.85. The highest BCUT2D eigenvalue weighted by Crippen LogP contribution is 2.31. The van der Waals surface area contributed by atoms with Crippen molar-refractivity contribution in [3.05, 3.63) is 44.3 Å². The van der Waals surface area contributed by atoms with Crippen LogP contribution in [0.25, 0.3) is 11.3 Å². The van der Waals surface area contributed by atoms with Crippen LogP contribution in [-0.4, -0.2) is 21.0 Å². The Morgan fingerprint density at radius 3 is 2.86 bits per heavy atom. The van der Waals surface area contributed by atoms with Gasteiger partial charge in [0, 0.05) is 22.6 Å². The summed E-state index contributed by atoms with van der Waals surface area (Å²) in [6, 6.07) is 6.12. The van der Waals surface area contributed by atoms with Crippen molar-refractivity contribution in [1.29, 1.82) is 0 Å². The fourth-order valence-corrected chi connectivity index (χ4v) is 3.15. The zero-order valence-electron chi connectivity index (χ0n) is 11.4. The number of thiazole rings is 1. The molecule has 0 unspecified atom stereocenters. The molecule has 1 N–H and O–H groups in total. The maximum atomic E-state index is 11.0. The number of carboxylic acids is 1. The summed E-state index contributed by atoms with van der Waals surface area (Å²) in [6.07, 6.45) is 1.56. The molecule has 0 amide bonds. The van der Waals surface area contributed by atoms with Gasteiger partial charge in [0.2, 0.25) is 0 Å². The van der Waals surface area contributed by atoms with Gasteiger partial charge in [0.05, 0.1) is 22.0 Å². The van der Waals surface area contributed by atoms with Gasteiger partial charge in [-0.05, 0) is 12.8 Å². The van der Waals surface area contributed by atoms with E-state index in [-0.39, 0.29) is 12.1 Å². The van der Waals surface area contributed by atoms with Gasteiger partial charge in [-0.1, -0.05) is 19.1 Å². The molecule has 7 heteroatoms. The van der Waals surface area contributed by atoms with E-state index < -0.39 is 10.9 Å². The van der Waals surface area contributed by atoms with Crippen molar-refractivity contribution in [2.75, 3.05) is 0 Å². The molecule has 0 radical (unpaired) electrons. The number of carbonyl (C=O) groups is 1. The molecule has 2 aromatic rings. The number of nitro benzene ring substituents is 1. The first-order valence-corrected chi connectivity index (χ1v) is 7.28. The molecule has 0 aliphatic carbocycles. The SMILES string of the molecule is CCCc1nc(-c2cccc([N+](=O)[O-])c2)c(CC(=O)O)s1. The van der Waals surface area contributed by atoms with E-state index >= 15 is 0 Å². The van der Waals surface area contributed by atoms with E-state index in [0.29, 0.717) is 16.1 Å². The highest BCUT2D eigenvalue weighted by molar-refractivity contribution is 7.12. The fraction of sp³-hybridized carbons (Fsp3) is 0.286. The topological polar surface area (TPSA) is 93.3 Å². The Morgan fingerprint density at radius 1 is 1.48 bits per heavy atom. The van der Waals surface area contributed by atoms with E-state index in [4.69, 9.17) is 5.11 Å². The van der Waals surface area contributed by atoms with Gasteiger partial charge in [0.15, 0.2) is 0 Å². The number of aromatic nitrogens is 1. The second-order valence-electron chi connectivity index (χ2n) is 4.51. The van der Waals surface area contributed by atoms with E-state index in [1.165, 1.54) is 23.5 Å². The van der Waals surface area contributed by atoms with E-state index in [2.05, 4.69) is 4.98 Å². The van der Waals surface area contributed by atoms with Gasteiger partial charge in [0.1, 0.15) is 0 Å². The van der Waals surface area contributed by atoms with Gasteiger partial charge >= 0.3 is 5.97 Å². The number of non-ortho nitro benzene ring substituents is 1. The molecule has 1 aromatic carbocycles. The monoisotopic (exact) mass is 306 g/mol. The lowest BCUT2D eigenvalue weighted by Gasteiger charge is -2.00. The smallest absolute Gasteiger partial charge is 0.308 e. The van der Waals surface area contributed by atoms with Crippen molar-refractivity contribution in [1.82, 2.24) is 4.98 Å². The first kappa shape index (κ1) is 15.1. The molecular weight excluding hydrogens is 292 g/mol. The summed E-state index contributed by atoms with van der Waals surface area (Å²) < 4.78 is 0. The Labute approximate surface area is 125 Å². The molecule has 6 nitrogen and oxygen atoms in total. The van der Waals surface area contributed by atoms with Crippen molar-refractivity contribution >= 4 is 23.0 Å². The summed E-state index contributed by atoms with van der Waals surface area (Å²) in [5.74, 6) is -0.937. The average molecular weight is 306 g/mol. The number of nitro groups is 1. The van der Waals surface area contributed by atoms with Gasteiger partial charge in [-0.2, -0.15) is 0 Å². The first-order valence-electron chi connectivity index (χ1n) is 6.46. The molecule has 0 atom stereocenters. The maximum Gasteiger partial charge on any atom is 0.308 e. The van der Waals surface area contributed by atoms with Crippen molar-refractivity contribution in [3.8, 4) is 11.3 Å². The Morgan fingerprint density at radius 2 is 2.24 bits per heavy atom. The van der Waals surface area contributed by atoms with Gasteiger partial charge in [-0.25, -0.2) is 4.98 Å². The van der Waals surface area contributed by atoms with Gasteiger partial charge < -0.3 is 5.11 Å². The highest BCUT2D eigenvalue weighted by atomic mass is 32.1. The summed E-state index contributed by atoms with van der Waals surface area (Å²) >= 11 is 1.36. The highest BCUT2D eigenvalue weighted by Gasteiger charge is 2.17. The summed E-state index contributed by atoms with van der Waals surface area (Å²) in [5, 5.41) is 20.7. The molecule has 110 valence electrons. The molecule has 0 saturated carbocycles. The standard InChI is InChI=1S/C14H14N2O4S/c1-2-4-12-15-14(11(21-12)8-13(17)18)9-5-3-6-10(7-9)16(19)20/h3,5-7H,2,4,8H2,1H3,(H,17,18). The maximum absolute atomic E-state index is 11.0. The first-order chi connectivity index (χ1) is 10.0. The number of aliphatic carboxylic acids is 1. The molecule has 0 spiro atoms. The van der Waals surface area contributed by atoms with Crippen LogP contribution in [0.3, 0.4) is 0 Å². The quantitative estimate of drug-likeness (QED) is 0.653. The number of rotatable bonds is 6. The minimum Gasteiger partial charge on any atom is -0.481 e. The summed E-state index contributed by atoms with van der Waals surface area (Å²) in [6.45, 7) is 2.02. The van der Waals surface area contributed by atoms with Crippen molar-refractivity contribution in [3.63, 3.8) is 0 Å². The van der Waals surface area contributed by atoms with Gasteiger partial charge in [-0.3, -0.25) is 14.9 Å². The lowest BCUT2D eigenvalue weighted by atomic mass is 10.1. The van der Waals surface area contributed by atoms with Crippen LogP contribution in [0.2, 0.25) is 0 Å². The zero-order chi connectivity index (χ0) is 15.4. The number of aryl methyl sites for hydroxylation is 1. The van der Waals surface area contributed by atoms with Crippen LogP contribution in [0.1, 0.15) is 23.2 Å². The second-order valence-corrected chi connectivity index (χ2v) is 5.68. The molecule has 1 heterocycles. The van der Waals surface area contributed by atoms with Crippen LogP contribution in [-0.2, 0) is 17.6 Å². The molecule has 21 heavy (non-hydrogen) atoms. The van der Waals surface area contributed by atoms with Crippen LogP contribution < -0.4 is 0 Å². The largest absolute Gasteiger partial charge is 0.481 e. The number of benzene rings is 1. The molecular formula is C14H14N2O4S. The normalized spacial score (nSPS) is 10.5. The molecule has 0 fully saturated rings. The third-order valence-corrected chi connectivity index (χ3v) is 3.96. The van der Waals surface area contributed by atoms with E-state index in [1.54, 1.807) is 12.1 Å². The van der Waals surface area contributed by atoms with E-state index in [0.717, 1.165) is 17.8 Å². The number of nitrogens with zero attached hydrogens (tertiary/aromatic N) is 2. The molecule has 0 aliphatic heterocycles. The third kappa shape index (κ3) is 3.63. The molecule has 0 saturated heterocycles. The van der Waals surface area contributed by atoms with E-state index in [1.807, 2.05) is 6.92 Å². The fourth-order valence-electron chi connectivity index (χ4n) is 1.97. The predicted octanol–water partition coefficient (Wildman–Crippen LogP) is 3.30. The van der Waals surface area contributed by atoms with Gasteiger partial charge in [0.25, 0.3) is 5.69 Å². The number of carboxylic acid groups (broad SMARTS) is 1. The molecule has 1 aromatic heterocycles. The Hall–Kier alpha value is -2.28. The van der Waals surface area contributed by atoms with Crippen molar-refractivity contribution < 1.29 is 14.8 Å². The summed E-state index contributed by atoms with van der Waals surface area (Å²) in [7, 11) is 0. The van der Waals surface area contributed by atoms with Crippen LogP contribution in [0, 0.1) is 10.1 Å². The van der Waals surface area contributed by atoms with Crippen LogP contribution in [0.4, 0.5) is 5.69 Å². The Bertz CT molecular complexity index is 681. The average Bonchev–Trinajstić information content (AvgIpc) is 2.81. The molecule has 0 bridgehead atoms. The second kappa shape index (κ2) is 6.45. The molecule has 0 aliphatic rings. The zero-order valence-corrected chi connectivity index (χ0v) is 12.2. The lowest BCUT2D eigenvalue weighted by molar-refractivity contribution is -0.384. The Balaban J connectivity index is 2.47. The minimum atomic E-state index is -0.937. The minimum absolute atomic E-state index is 0.0289. The Kier molecular flexibility index (Phi) is 4.64. The summed E-state index contributed by atoms with van der Waals surface area (Å²) in [4.78, 5) is 26.4. The van der Waals surface area contributed by atoms with Crippen molar-refractivity contribution in [2.45, 2.75) is 26.2 Å². The van der Waals surface area contributed by atoms with Gasteiger partial charge in [-0.15, -0.1) is 11.3 Å². The number of hydrogen-bond acceptors (Lipinski definition) is 5. The number of hydrogen-bond donors (Lipinski definition) is 1. The molecule has 2 rings (SSSR count). The van der Waals surface area contributed by atoms with E-state index in [9.17, 15) is 14.9 Å². The summed E-state index contributed by atoms with van der Waals surface area (Å²) in [5.41, 5.74) is 1.09. The van der Waals surface area contributed by atoms with Crippen LogP contribution >= 0.6 is 11.3 Å². The van der Waals surface area contributed by atoms with Crippen LogP contribution in [0.15, 0.2) is 24.3 Å². The van der Waals surface area contributed by atoms with Crippen LogP contribution in [0.5, 0.6) is 0 Å². The predicted molar refractivity (Wildman–Crippen MR) is 79.5 cm³/mol. The lowest BCUT2D eigenvalue weighted by Crippen LogP contribution is -1.99. The van der Waals surface area contributed by atoms with Crippen molar-refractivity contribution in [2.24, 2.45) is 0 Å².